The van der Waals surface area contributed by atoms with Gasteiger partial charge in [0, 0.05) is 29.9 Å². The van der Waals surface area contributed by atoms with Gasteiger partial charge >= 0.3 is 0 Å². The fourth-order valence-electron chi connectivity index (χ4n) is 1.75. The molecule has 5 heteroatoms. The van der Waals surface area contributed by atoms with Crippen LogP contribution >= 0.6 is 11.6 Å². The largest absolute Gasteiger partial charge is 0.381 e. The van der Waals surface area contributed by atoms with Gasteiger partial charge in [0.05, 0.1) is 0 Å². The number of hydrogen-bond donors (Lipinski definition) is 2. The number of halogens is 2. The van der Waals surface area contributed by atoms with E-state index in [1.54, 1.807) is 25.2 Å². The third-order valence-electron chi connectivity index (χ3n) is 2.87. The molecular weight excluding hydrogens is 279 g/mol. The van der Waals surface area contributed by atoms with Crippen molar-refractivity contribution in [1.82, 2.24) is 5.32 Å². The maximum Gasteiger partial charge on any atom is 0.251 e. The summed E-state index contributed by atoms with van der Waals surface area (Å²) < 4.78 is 12.9. The van der Waals surface area contributed by atoms with Crippen molar-refractivity contribution in [2.75, 3.05) is 12.4 Å². The highest BCUT2D eigenvalue weighted by atomic mass is 35.5. The molecule has 2 aromatic carbocycles. The highest BCUT2D eigenvalue weighted by Crippen LogP contribution is 2.19. The fraction of sp³-hybridized carbons (Fsp3) is 0.133. The van der Waals surface area contributed by atoms with Crippen molar-refractivity contribution in [3.05, 3.63) is 64.4 Å². The first-order chi connectivity index (χ1) is 9.60. The topological polar surface area (TPSA) is 41.1 Å². The first-order valence-corrected chi connectivity index (χ1v) is 6.48. The zero-order valence-electron chi connectivity index (χ0n) is 10.9. The average molecular weight is 293 g/mol. The summed E-state index contributed by atoms with van der Waals surface area (Å²) in [7, 11) is 1.59. The molecular formula is C15H14ClFN2O. The van der Waals surface area contributed by atoms with Gasteiger partial charge in [-0.25, -0.2) is 4.39 Å². The molecule has 2 aromatic rings. The van der Waals surface area contributed by atoms with Crippen LogP contribution < -0.4 is 10.6 Å². The van der Waals surface area contributed by atoms with Gasteiger partial charge in [-0.15, -0.1) is 0 Å². The molecule has 0 bridgehead atoms. The Kier molecular flexibility index (Phi) is 4.58. The van der Waals surface area contributed by atoms with Gasteiger partial charge in [-0.2, -0.15) is 0 Å². The van der Waals surface area contributed by atoms with Crippen LogP contribution in [-0.4, -0.2) is 13.0 Å². The normalized spacial score (nSPS) is 10.2. The van der Waals surface area contributed by atoms with E-state index in [-0.39, 0.29) is 11.7 Å². The number of amides is 1. The summed E-state index contributed by atoms with van der Waals surface area (Å²) in [5, 5.41) is 6.11. The third kappa shape index (κ3) is 3.48. The fourth-order valence-corrected chi connectivity index (χ4v) is 1.98. The maximum absolute atomic E-state index is 12.9. The Bertz CT molecular complexity index is 614. The SMILES string of the molecule is CNC(=O)c1ccc(NCc2ccc(F)cc2Cl)cc1. The zero-order chi connectivity index (χ0) is 14.5. The first-order valence-electron chi connectivity index (χ1n) is 6.10. The number of rotatable bonds is 4. The minimum absolute atomic E-state index is 0.127. The van der Waals surface area contributed by atoms with Crippen molar-refractivity contribution < 1.29 is 9.18 Å². The van der Waals surface area contributed by atoms with E-state index in [1.165, 1.54) is 12.1 Å². The second-order valence-electron chi connectivity index (χ2n) is 4.25. The Morgan fingerprint density at radius 1 is 1.20 bits per heavy atom. The van der Waals surface area contributed by atoms with Crippen molar-refractivity contribution in [3.8, 4) is 0 Å². The van der Waals surface area contributed by atoms with E-state index in [9.17, 15) is 9.18 Å². The van der Waals surface area contributed by atoms with E-state index < -0.39 is 0 Å². The molecule has 0 fully saturated rings. The Morgan fingerprint density at radius 3 is 2.50 bits per heavy atom. The molecule has 0 unspecified atom stereocenters. The van der Waals surface area contributed by atoms with Gasteiger partial charge in [-0.05, 0) is 42.0 Å². The van der Waals surface area contributed by atoms with E-state index >= 15 is 0 Å². The van der Waals surface area contributed by atoms with Crippen LogP contribution in [-0.2, 0) is 6.54 Å². The summed E-state index contributed by atoms with van der Waals surface area (Å²) in [6, 6.07) is 11.4. The van der Waals surface area contributed by atoms with Gasteiger partial charge in [-0.1, -0.05) is 17.7 Å². The number of carbonyl (C=O) groups excluding carboxylic acids is 1. The van der Waals surface area contributed by atoms with Crippen LogP contribution in [0, 0.1) is 5.82 Å². The Morgan fingerprint density at radius 2 is 1.90 bits per heavy atom. The predicted octanol–water partition coefficient (Wildman–Crippen LogP) is 3.45. The molecule has 0 saturated carbocycles. The molecule has 20 heavy (non-hydrogen) atoms. The van der Waals surface area contributed by atoms with Gasteiger partial charge in [0.1, 0.15) is 5.82 Å². The molecule has 0 saturated heterocycles. The van der Waals surface area contributed by atoms with E-state index in [4.69, 9.17) is 11.6 Å². The molecule has 0 aliphatic rings. The lowest BCUT2D eigenvalue weighted by atomic mass is 10.2. The molecule has 0 atom stereocenters. The number of carbonyl (C=O) groups is 1. The average Bonchev–Trinajstić information content (AvgIpc) is 2.46. The van der Waals surface area contributed by atoms with Crippen LogP contribution in [0.1, 0.15) is 15.9 Å². The van der Waals surface area contributed by atoms with E-state index in [2.05, 4.69) is 10.6 Å². The highest BCUT2D eigenvalue weighted by molar-refractivity contribution is 6.31. The Balaban J connectivity index is 2.02. The van der Waals surface area contributed by atoms with Crippen LogP contribution in [0.2, 0.25) is 5.02 Å². The molecule has 3 nitrogen and oxygen atoms in total. The second kappa shape index (κ2) is 6.39. The lowest BCUT2D eigenvalue weighted by molar-refractivity contribution is 0.0963. The summed E-state index contributed by atoms with van der Waals surface area (Å²) in [5.74, 6) is -0.480. The number of benzene rings is 2. The minimum atomic E-state index is -0.353. The Hall–Kier alpha value is -2.07. The first kappa shape index (κ1) is 14.3. The van der Waals surface area contributed by atoms with Crippen molar-refractivity contribution in [2.45, 2.75) is 6.54 Å². The quantitative estimate of drug-likeness (QED) is 0.906. The monoisotopic (exact) mass is 292 g/mol. The summed E-state index contributed by atoms with van der Waals surface area (Å²) in [5.41, 5.74) is 2.26. The molecule has 2 N–H and O–H groups in total. The number of anilines is 1. The van der Waals surface area contributed by atoms with Crippen molar-refractivity contribution in [3.63, 3.8) is 0 Å². The van der Waals surface area contributed by atoms with Crippen LogP contribution in [0.25, 0.3) is 0 Å². The van der Waals surface area contributed by atoms with Crippen LogP contribution in [0.5, 0.6) is 0 Å². The van der Waals surface area contributed by atoms with Crippen LogP contribution in [0.4, 0.5) is 10.1 Å². The van der Waals surface area contributed by atoms with E-state index in [1.807, 2.05) is 12.1 Å². The second-order valence-corrected chi connectivity index (χ2v) is 4.65. The highest BCUT2D eigenvalue weighted by Gasteiger charge is 2.04. The minimum Gasteiger partial charge on any atom is -0.381 e. The van der Waals surface area contributed by atoms with Gasteiger partial charge in [-0.3, -0.25) is 4.79 Å². The van der Waals surface area contributed by atoms with Crippen molar-refractivity contribution in [2.24, 2.45) is 0 Å². The van der Waals surface area contributed by atoms with Gasteiger partial charge in [0.2, 0.25) is 0 Å². The predicted molar refractivity (Wildman–Crippen MR) is 78.6 cm³/mol. The number of hydrogen-bond acceptors (Lipinski definition) is 2. The summed E-state index contributed by atoms with van der Waals surface area (Å²) in [4.78, 5) is 11.4. The zero-order valence-corrected chi connectivity index (χ0v) is 11.7. The lowest BCUT2D eigenvalue weighted by Crippen LogP contribution is -2.17. The van der Waals surface area contributed by atoms with Gasteiger partial charge in [0.15, 0.2) is 0 Å². The molecule has 104 valence electrons. The van der Waals surface area contributed by atoms with Crippen LogP contribution in [0.15, 0.2) is 42.5 Å². The molecule has 0 aliphatic carbocycles. The molecule has 0 aliphatic heterocycles. The van der Waals surface area contributed by atoms with E-state index in [0.717, 1.165) is 11.3 Å². The third-order valence-corrected chi connectivity index (χ3v) is 3.22. The lowest BCUT2D eigenvalue weighted by Gasteiger charge is -2.09. The molecule has 1 amide bonds. The van der Waals surface area contributed by atoms with Crippen molar-refractivity contribution >= 4 is 23.2 Å². The van der Waals surface area contributed by atoms with Gasteiger partial charge in [0.25, 0.3) is 5.91 Å². The van der Waals surface area contributed by atoms with E-state index in [0.29, 0.717) is 17.1 Å². The molecule has 0 radical (unpaired) electrons. The molecule has 2 rings (SSSR count). The van der Waals surface area contributed by atoms with Gasteiger partial charge < -0.3 is 10.6 Å². The summed E-state index contributed by atoms with van der Waals surface area (Å²) >= 11 is 5.95. The molecule has 0 spiro atoms. The smallest absolute Gasteiger partial charge is 0.251 e. The maximum atomic E-state index is 12.9. The summed E-state index contributed by atoms with van der Waals surface area (Å²) in [6.45, 7) is 0.485. The Labute approximate surface area is 121 Å². The summed E-state index contributed by atoms with van der Waals surface area (Å²) in [6.07, 6.45) is 0. The van der Waals surface area contributed by atoms with Crippen LogP contribution in [0.3, 0.4) is 0 Å². The number of nitrogens with one attached hydrogen (secondary N) is 2. The molecule has 0 heterocycles. The standard InChI is InChI=1S/C15H14ClFN2O/c1-18-15(20)10-3-6-13(7-4-10)19-9-11-2-5-12(17)8-14(11)16/h2-8,19H,9H2,1H3,(H,18,20). The molecule has 0 aromatic heterocycles. The van der Waals surface area contributed by atoms with Crippen molar-refractivity contribution in [1.29, 1.82) is 0 Å².